The quantitative estimate of drug-likeness (QED) is 0.535. The third kappa shape index (κ3) is 5.08. The highest BCUT2D eigenvalue weighted by Crippen LogP contribution is 2.37. The summed E-state index contributed by atoms with van der Waals surface area (Å²) in [6.45, 7) is 3.74. The van der Waals surface area contributed by atoms with Crippen molar-refractivity contribution in [3.8, 4) is 11.8 Å². The molecule has 2 saturated heterocycles. The topological polar surface area (TPSA) is 73.0 Å². The Labute approximate surface area is 184 Å². The van der Waals surface area contributed by atoms with Gasteiger partial charge in [-0.15, -0.1) is 0 Å². The summed E-state index contributed by atoms with van der Waals surface area (Å²) >= 11 is 0. The van der Waals surface area contributed by atoms with E-state index in [1.54, 1.807) is 11.8 Å². The van der Waals surface area contributed by atoms with Crippen LogP contribution in [0.5, 0.6) is 0 Å². The van der Waals surface area contributed by atoms with E-state index in [0.29, 0.717) is 51.9 Å². The molecule has 1 N–H and O–H groups in total. The number of nitrogens with one attached hydrogen (secondary N) is 1. The molecule has 1 unspecified atom stereocenters. The van der Waals surface area contributed by atoms with Gasteiger partial charge in [0, 0.05) is 26.2 Å². The molecule has 0 spiro atoms. The smallest absolute Gasteiger partial charge is 0.325 e. The highest BCUT2D eigenvalue weighted by Gasteiger charge is 2.55. The van der Waals surface area contributed by atoms with Gasteiger partial charge in [-0.25, -0.2) is 4.79 Å². The summed E-state index contributed by atoms with van der Waals surface area (Å²) in [4.78, 5) is 43.6. The molecule has 0 saturated carbocycles. The maximum absolute atomic E-state index is 13.6. The molecule has 2 aliphatic rings. The molecule has 7 nitrogen and oxygen atoms in total. The van der Waals surface area contributed by atoms with Crippen LogP contribution in [0.1, 0.15) is 31.7 Å². The number of carbonyl (C=O) groups excluding carboxylic acids is 3. The zero-order chi connectivity index (χ0) is 22.4. The highest BCUT2D eigenvalue weighted by atomic mass is 16.2. The number of carbonyl (C=O) groups is 3. The maximum Gasteiger partial charge on any atom is 0.325 e. The normalized spacial score (nSPS) is 21.8. The van der Waals surface area contributed by atoms with Gasteiger partial charge < -0.3 is 15.1 Å². The molecule has 2 fully saturated rings. The Morgan fingerprint density at radius 1 is 1.19 bits per heavy atom. The van der Waals surface area contributed by atoms with Gasteiger partial charge in [0.2, 0.25) is 0 Å². The average molecular weight is 425 g/mol. The van der Waals surface area contributed by atoms with Crippen molar-refractivity contribution in [1.29, 1.82) is 0 Å². The van der Waals surface area contributed by atoms with Gasteiger partial charge in [-0.2, -0.15) is 0 Å². The second kappa shape index (κ2) is 9.97. The molecule has 2 aliphatic heterocycles. The summed E-state index contributed by atoms with van der Waals surface area (Å²) in [6.07, 6.45) is 2.58. The van der Waals surface area contributed by atoms with Gasteiger partial charge in [0.15, 0.2) is 0 Å². The highest BCUT2D eigenvalue weighted by molar-refractivity contribution is 6.07. The van der Waals surface area contributed by atoms with Crippen LogP contribution in [0.25, 0.3) is 0 Å². The summed E-state index contributed by atoms with van der Waals surface area (Å²) in [5.41, 5.74) is 0.214. The van der Waals surface area contributed by atoms with Gasteiger partial charge in [0.1, 0.15) is 5.54 Å². The number of rotatable bonds is 7. The van der Waals surface area contributed by atoms with Crippen LogP contribution >= 0.6 is 0 Å². The second-order valence-corrected chi connectivity index (χ2v) is 8.59. The number of imide groups is 1. The number of hydrogen-bond acceptors (Lipinski definition) is 4. The number of hydrogen-bond donors (Lipinski definition) is 1. The lowest BCUT2D eigenvalue weighted by atomic mass is 9.74. The number of likely N-dealkylation sites (tertiary alicyclic amines) is 1. The van der Waals surface area contributed by atoms with Gasteiger partial charge in [0.05, 0.1) is 0 Å². The lowest BCUT2D eigenvalue weighted by Crippen LogP contribution is -2.57. The average Bonchev–Trinajstić information content (AvgIpc) is 3.01. The number of benzene rings is 1. The molecule has 7 heteroatoms. The largest absolute Gasteiger partial charge is 0.332 e. The minimum absolute atomic E-state index is 0.0179. The van der Waals surface area contributed by atoms with Crippen LogP contribution in [0.15, 0.2) is 30.3 Å². The van der Waals surface area contributed by atoms with E-state index in [1.807, 2.05) is 49.3 Å². The first-order valence-electron chi connectivity index (χ1n) is 10.9. The van der Waals surface area contributed by atoms with E-state index in [0.717, 1.165) is 5.56 Å². The fourth-order valence-electron chi connectivity index (χ4n) is 4.55. The SMILES string of the molecule is CC#CC(=O)N1CCC(C2(CCc3ccccc3)NC(=O)N(CCN(C)C)C2=O)CC1. The number of urea groups is 1. The number of piperidine rings is 1. The third-order valence-corrected chi connectivity index (χ3v) is 6.33. The molecule has 166 valence electrons. The van der Waals surface area contributed by atoms with E-state index in [9.17, 15) is 14.4 Å². The molecule has 1 atom stereocenters. The molecule has 0 aliphatic carbocycles. The standard InChI is InChI=1S/C24H32N4O3/c1-4-8-21(29)27-15-12-20(13-16-27)24(14-11-19-9-6-5-7-10-19)22(30)28(23(31)25-24)18-17-26(2)3/h5-7,9-10,20H,11-18H2,1-3H3,(H,25,31). The molecule has 0 aromatic heterocycles. The van der Waals surface area contributed by atoms with Crippen molar-refractivity contribution in [2.75, 3.05) is 40.3 Å². The van der Waals surface area contributed by atoms with E-state index in [-0.39, 0.29) is 23.8 Å². The van der Waals surface area contributed by atoms with Crippen molar-refractivity contribution >= 4 is 17.8 Å². The van der Waals surface area contributed by atoms with Gasteiger partial charge in [-0.3, -0.25) is 14.5 Å². The Bertz CT molecular complexity index is 866. The first-order valence-corrected chi connectivity index (χ1v) is 10.9. The molecule has 3 rings (SSSR count). The van der Waals surface area contributed by atoms with Gasteiger partial charge in [0.25, 0.3) is 11.8 Å². The van der Waals surface area contributed by atoms with Crippen molar-refractivity contribution in [1.82, 2.24) is 20.0 Å². The van der Waals surface area contributed by atoms with E-state index in [4.69, 9.17) is 0 Å². The first-order chi connectivity index (χ1) is 14.9. The predicted molar refractivity (Wildman–Crippen MR) is 119 cm³/mol. The van der Waals surface area contributed by atoms with Crippen LogP contribution in [0.4, 0.5) is 4.79 Å². The van der Waals surface area contributed by atoms with E-state index in [1.165, 1.54) is 4.90 Å². The molecular formula is C24H32N4O3. The summed E-state index contributed by atoms with van der Waals surface area (Å²) in [5.74, 6) is 4.93. The van der Waals surface area contributed by atoms with E-state index >= 15 is 0 Å². The molecule has 0 radical (unpaired) electrons. The molecule has 1 aromatic rings. The van der Waals surface area contributed by atoms with Crippen LogP contribution in [0, 0.1) is 17.8 Å². The fourth-order valence-corrected chi connectivity index (χ4v) is 4.55. The minimum Gasteiger partial charge on any atom is -0.332 e. The summed E-state index contributed by atoms with van der Waals surface area (Å²) in [5, 5.41) is 3.09. The molecular weight excluding hydrogens is 392 g/mol. The van der Waals surface area contributed by atoms with Crippen molar-refractivity contribution in [3.63, 3.8) is 0 Å². The molecule has 1 aromatic carbocycles. The van der Waals surface area contributed by atoms with Crippen LogP contribution in [0.3, 0.4) is 0 Å². The summed E-state index contributed by atoms with van der Waals surface area (Å²) in [6, 6.07) is 9.72. The molecule has 31 heavy (non-hydrogen) atoms. The van der Waals surface area contributed by atoms with Gasteiger partial charge in [-0.1, -0.05) is 36.3 Å². The Balaban J connectivity index is 1.80. The first kappa shape index (κ1) is 22.8. The lowest BCUT2D eigenvalue weighted by Gasteiger charge is -2.40. The fraction of sp³-hybridized carbons (Fsp3) is 0.542. The van der Waals surface area contributed by atoms with Crippen molar-refractivity contribution in [2.24, 2.45) is 5.92 Å². The van der Waals surface area contributed by atoms with Crippen LogP contribution in [-0.4, -0.2) is 78.4 Å². The lowest BCUT2D eigenvalue weighted by molar-refractivity contribution is -0.135. The third-order valence-electron chi connectivity index (χ3n) is 6.33. The summed E-state index contributed by atoms with van der Waals surface area (Å²) in [7, 11) is 3.85. The number of nitrogens with zero attached hydrogens (tertiary/aromatic N) is 3. The molecule has 4 amide bonds. The Kier molecular flexibility index (Phi) is 7.34. The number of amides is 4. The number of likely N-dealkylation sites (N-methyl/N-ethyl adjacent to an activating group) is 1. The Morgan fingerprint density at radius 3 is 2.48 bits per heavy atom. The van der Waals surface area contributed by atoms with Gasteiger partial charge in [-0.05, 0) is 64.1 Å². The molecule has 2 heterocycles. The van der Waals surface area contributed by atoms with Crippen molar-refractivity contribution in [3.05, 3.63) is 35.9 Å². The second-order valence-electron chi connectivity index (χ2n) is 8.59. The maximum atomic E-state index is 13.6. The Morgan fingerprint density at radius 2 is 1.87 bits per heavy atom. The molecule has 0 bridgehead atoms. The minimum atomic E-state index is -0.926. The monoisotopic (exact) mass is 424 g/mol. The van der Waals surface area contributed by atoms with E-state index in [2.05, 4.69) is 17.2 Å². The van der Waals surface area contributed by atoms with Crippen LogP contribution in [-0.2, 0) is 16.0 Å². The Hall–Kier alpha value is -2.85. The van der Waals surface area contributed by atoms with Crippen molar-refractivity contribution < 1.29 is 14.4 Å². The summed E-state index contributed by atoms with van der Waals surface area (Å²) < 4.78 is 0. The van der Waals surface area contributed by atoms with Crippen LogP contribution in [0.2, 0.25) is 0 Å². The zero-order valence-corrected chi connectivity index (χ0v) is 18.7. The van der Waals surface area contributed by atoms with Crippen molar-refractivity contribution in [2.45, 2.75) is 38.1 Å². The predicted octanol–water partition coefficient (Wildman–Crippen LogP) is 1.73. The van der Waals surface area contributed by atoms with Gasteiger partial charge >= 0.3 is 6.03 Å². The zero-order valence-electron chi connectivity index (χ0n) is 18.7. The van der Waals surface area contributed by atoms with E-state index < -0.39 is 5.54 Å². The number of aryl methyl sites for hydroxylation is 1. The van der Waals surface area contributed by atoms with Crippen LogP contribution < -0.4 is 5.32 Å².